The van der Waals surface area contributed by atoms with Crippen molar-refractivity contribution in [2.24, 2.45) is 0 Å². The molecule has 7 nitrogen and oxygen atoms in total. The molecule has 10 heteroatoms. The van der Waals surface area contributed by atoms with Crippen molar-refractivity contribution in [3.63, 3.8) is 0 Å². The Morgan fingerprint density at radius 3 is 2.90 bits per heavy atom. The van der Waals surface area contributed by atoms with Gasteiger partial charge in [0.05, 0.1) is 24.4 Å². The normalized spacial score (nSPS) is 14.9. The summed E-state index contributed by atoms with van der Waals surface area (Å²) in [4.78, 5) is 22.7. The number of nitrogens with one attached hydrogen (secondary N) is 2. The number of aliphatic hydroxyl groups is 1. The predicted octanol–water partition coefficient (Wildman–Crippen LogP) is 2.56. The molecule has 1 atom stereocenters. The second kappa shape index (κ2) is 8.64. The molecule has 0 saturated carbocycles. The van der Waals surface area contributed by atoms with Crippen molar-refractivity contribution >= 4 is 12.0 Å². The zero-order valence-electron chi connectivity index (χ0n) is 15.8. The first kappa shape index (κ1) is 20.8. The third-order valence-electron chi connectivity index (χ3n) is 4.58. The first-order valence-corrected chi connectivity index (χ1v) is 9.17. The Balaban J connectivity index is 1.61. The van der Waals surface area contributed by atoms with Gasteiger partial charge in [0, 0.05) is 25.3 Å². The van der Waals surface area contributed by atoms with Gasteiger partial charge in [0.25, 0.3) is 0 Å². The maximum atomic E-state index is 12.8. The van der Waals surface area contributed by atoms with E-state index in [2.05, 4.69) is 20.6 Å². The summed E-state index contributed by atoms with van der Waals surface area (Å²) < 4.78 is 38.4. The van der Waals surface area contributed by atoms with Crippen LogP contribution in [0.2, 0.25) is 0 Å². The largest absolute Gasteiger partial charge is 0.416 e. The van der Waals surface area contributed by atoms with Gasteiger partial charge in [0.1, 0.15) is 0 Å². The minimum atomic E-state index is -4.42. The lowest BCUT2D eigenvalue weighted by atomic mass is 10.1. The summed E-state index contributed by atoms with van der Waals surface area (Å²) in [6.45, 7) is 2.45. The van der Waals surface area contributed by atoms with E-state index in [9.17, 15) is 18.0 Å². The number of aromatic nitrogens is 2. The van der Waals surface area contributed by atoms with Gasteiger partial charge in [0.2, 0.25) is 5.95 Å². The standard InChI is InChI=1S/C19H22F3N5O2/c1-12(11-28)25-17-23-9-14-5-6-27(10-16(14)26-17)18(29)24-8-13-3-2-4-15(7-13)19(20,21)22/h2-4,7,9,12,28H,5-6,8,10-11H2,1H3,(H,24,29)(H,23,25,26)/t12-/m0/s1. The van der Waals surface area contributed by atoms with Crippen LogP contribution in [0, 0.1) is 0 Å². The third-order valence-corrected chi connectivity index (χ3v) is 4.58. The Morgan fingerprint density at radius 1 is 1.38 bits per heavy atom. The van der Waals surface area contributed by atoms with E-state index in [4.69, 9.17) is 5.11 Å². The minimum Gasteiger partial charge on any atom is -0.394 e. The molecule has 3 rings (SSSR count). The molecule has 1 aromatic carbocycles. The van der Waals surface area contributed by atoms with Gasteiger partial charge in [0.15, 0.2) is 0 Å². The maximum Gasteiger partial charge on any atom is 0.416 e. The van der Waals surface area contributed by atoms with Crippen LogP contribution in [0.25, 0.3) is 0 Å². The van der Waals surface area contributed by atoms with Crippen molar-refractivity contribution in [2.45, 2.75) is 38.7 Å². The topological polar surface area (TPSA) is 90.4 Å². The second-order valence-corrected chi connectivity index (χ2v) is 6.92. The quantitative estimate of drug-likeness (QED) is 0.706. The number of alkyl halides is 3. The summed E-state index contributed by atoms with van der Waals surface area (Å²) >= 11 is 0. The van der Waals surface area contributed by atoms with Gasteiger partial charge in [-0.15, -0.1) is 0 Å². The Hall–Kier alpha value is -2.88. The lowest BCUT2D eigenvalue weighted by molar-refractivity contribution is -0.137. The number of fused-ring (bicyclic) bond motifs is 1. The molecule has 0 radical (unpaired) electrons. The molecule has 3 N–H and O–H groups in total. The molecule has 0 spiro atoms. The van der Waals surface area contributed by atoms with E-state index >= 15 is 0 Å². The number of hydrogen-bond donors (Lipinski definition) is 3. The monoisotopic (exact) mass is 409 g/mol. The van der Waals surface area contributed by atoms with Gasteiger partial charge in [-0.2, -0.15) is 13.2 Å². The number of carbonyl (C=O) groups excluding carboxylic acids is 1. The number of aliphatic hydroxyl groups excluding tert-OH is 1. The number of hydrogen-bond acceptors (Lipinski definition) is 5. The number of carbonyl (C=O) groups is 1. The second-order valence-electron chi connectivity index (χ2n) is 6.92. The molecule has 0 fully saturated rings. The third kappa shape index (κ3) is 5.35. The zero-order valence-corrected chi connectivity index (χ0v) is 15.8. The van der Waals surface area contributed by atoms with E-state index in [1.807, 2.05) is 0 Å². The highest BCUT2D eigenvalue weighted by atomic mass is 19.4. The molecule has 2 aromatic rings. The van der Waals surface area contributed by atoms with Gasteiger partial charge in [-0.05, 0) is 36.6 Å². The number of halogens is 3. The molecule has 1 aliphatic rings. The van der Waals surface area contributed by atoms with Crippen LogP contribution in [-0.4, -0.2) is 45.2 Å². The summed E-state index contributed by atoms with van der Waals surface area (Å²) in [6.07, 6.45) is -2.13. The van der Waals surface area contributed by atoms with Crippen LogP contribution < -0.4 is 10.6 Å². The van der Waals surface area contributed by atoms with E-state index < -0.39 is 11.7 Å². The van der Waals surface area contributed by atoms with Crippen LogP contribution in [0.1, 0.15) is 29.3 Å². The van der Waals surface area contributed by atoms with Crippen LogP contribution in [0.3, 0.4) is 0 Å². The van der Waals surface area contributed by atoms with Gasteiger partial charge >= 0.3 is 12.2 Å². The molecule has 0 unspecified atom stereocenters. The summed E-state index contributed by atoms with van der Waals surface area (Å²) in [5, 5.41) is 14.8. The number of amides is 2. The van der Waals surface area contributed by atoms with E-state index in [1.165, 1.54) is 12.1 Å². The first-order chi connectivity index (χ1) is 13.8. The highest BCUT2D eigenvalue weighted by Gasteiger charge is 2.30. The van der Waals surface area contributed by atoms with Gasteiger partial charge in [-0.1, -0.05) is 12.1 Å². The van der Waals surface area contributed by atoms with Crippen LogP contribution >= 0.6 is 0 Å². The van der Waals surface area contributed by atoms with Crippen molar-refractivity contribution in [2.75, 3.05) is 18.5 Å². The minimum absolute atomic E-state index is 0.00327. The molecule has 2 amide bonds. The lowest BCUT2D eigenvalue weighted by Gasteiger charge is -2.28. The zero-order chi connectivity index (χ0) is 21.0. The summed E-state index contributed by atoms with van der Waals surface area (Å²) in [5.74, 6) is 0.372. The van der Waals surface area contributed by atoms with Crippen LogP contribution in [0.5, 0.6) is 0 Å². The summed E-state index contributed by atoms with van der Waals surface area (Å²) in [6, 6.07) is 4.30. The summed E-state index contributed by atoms with van der Waals surface area (Å²) in [7, 11) is 0. The fraction of sp³-hybridized carbons (Fsp3) is 0.421. The highest BCUT2D eigenvalue weighted by Crippen LogP contribution is 2.29. The Kier molecular flexibility index (Phi) is 6.21. The predicted molar refractivity (Wildman–Crippen MR) is 100.0 cm³/mol. The van der Waals surface area contributed by atoms with Crippen molar-refractivity contribution in [1.29, 1.82) is 0 Å². The van der Waals surface area contributed by atoms with Gasteiger partial charge < -0.3 is 20.6 Å². The Morgan fingerprint density at radius 2 is 2.17 bits per heavy atom. The number of nitrogens with zero attached hydrogens (tertiary/aromatic N) is 3. The number of rotatable bonds is 5. The lowest BCUT2D eigenvalue weighted by Crippen LogP contribution is -2.43. The molecule has 156 valence electrons. The van der Waals surface area contributed by atoms with Crippen LogP contribution in [-0.2, 0) is 25.7 Å². The van der Waals surface area contributed by atoms with Gasteiger partial charge in [-0.25, -0.2) is 14.8 Å². The fourth-order valence-corrected chi connectivity index (χ4v) is 2.96. The van der Waals surface area contributed by atoms with E-state index in [-0.39, 0.29) is 31.8 Å². The maximum absolute atomic E-state index is 12.8. The van der Waals surface area contributed by atoms with E-state index in [1.54, 1.807) is 18.0 Å². The van der Waals surface area contributed by atoms with E-state index in [0.717, 1.165) is 17.7 Å². The number of benzene rings is 1. The number of anilines is 1. The molecular weight excluding hydrogens is 387 g/mol. The van der Waals surface area contributed by atoms with Crippen LogP contribution in [0.4, 0.5) is 23.9 Å². The molecule has 2 heterocycles. The molecular formula is C19H22F3N5O2. The number of urea groups is 1. The Bertz CT molecular complexity index is 875. The van der Waals surface area contributed by atoms with Crippen LogP contribution in [0.15, 0.2) is 30.5 Å². The molecule has 1 aliphatic heterocycles. The fourth-order valence-electron chi connectivity index (χ4n) is 2.96. The smallest absolute Gasteiger partial charge is 0.394 e. The average molecular weight is 409 g/mol. The molecule has 1 aromatic heterocycles. The van der Waals surface area contributed by atoms with Crippen molar-refractivity contribution in [3.05, 3.63) is 52.8 Å². The van der Waals surface area contributed by atoms with E-state index in [0.29, 0.717) is 30.2 Å². The van der Waals surface area contributed by atoms with Gasteiger partial charge in [-0.3, -0.25) is 0 Å². The molecule has 0 bridgehead atoms. The Labute approximate surface area is 166 Å². The summed E-state index contributed by atoms with van der Waals surface area (Å²) in [5.41, 5.74) is 1.27. The highest BCUT2D eigenvalue weighted by molar-refractivity contribution is 5.74. The molecule has 0 saturated heterocycles. The van der Waals surface area contributed by atoms with Crippen molar-refractivity contribution in [1.82, 2.24) is 20.2 Å². The molecule has 0 aliphatic carbocycles. The molecule has 29 heavy (non-hydrogen) atoms. The van der Waals surface area contributed by atoms with Crippen molar-refractivity contribution < 1.29 is 23.1 Å². The SMILES string of the molecule is C[C@@H](CO)Nc1ncc2c(n1)CN(C(=O)NCc1cccc(C(F)(F)F)c1)CC2. The first-order valence-electron chi connectivity index (χ1n) is 9.17. The van der Waals surface area contributed by atoms with Crippen molar-refractivity contribution in [3.8, 4) is 0 Å². The average Bonchev–Trinajstić information content (AvgIpc) is 2.71.